The maximum Gasteiger partial charge on any atom is 0.295 e. The number of hydrogen-bond acceptors (Lipinski definition) is 3. The molecule has 3 aromatic heterocycles. The van der Waals surface area contributed by atoms with Gasteiger partial charge in [0.05, 0.1) is 17.9 Å². The van der Waals surface area contributed by atoms with Gasteiger partial charge < -0.3 is 0 Å². The molecule has 0 fully saturated rings. The minimum atomic E-state index is -0.230. The molecule has 3 rings (SSSR count). The molecular formula is C9H6ClN3O. The molecule has 0 spiro atoms. The molecule has 0 saturated heterocycles. The Morgan fingerprint density at radius 2 is 2.00 bits per heavy atom. The van der Waals surface area contributed by atoms with E-state index in [-0.39, 0.29) is 18.0 Å². The number of rotatable bonds is 0. The highest BCUT2D eigenvalue weighted by atomic mass is 35.5. The third-order valence-corrected chi connectivity index (χ3v) is 2.09. The highest BCUT2D eigenvalue weighted by Crippen LogP contribution is 2.09. The summed E-state index contributed by atoms with van der Waals surface area (Å²) in [4.78, 5) is 19.1. The zero-order valence-corrected chi connectivity index (χ0v) is 7.86. The van der Waals surface area contributed by atoms with Crippen LogP contribution >= 0.6 is 12.4 Å². The van der Waals surface area contributed by atoms with E-state index in [2.05, 4.69) is 9.97 Å². The lowest BCUT2D eigenvalue weighted by Crippen LogP contribution is -2.08. The molecule has 3 heterocycles. The van der Waals surface area contributed by atoms with Crippen LogP contribution in [0.3, 0.4) is 0 Å². The third kappa shape index (κ3) is 0.975. The Hall–Kier alpha value is -1.68. The smallest absolute Gasteiger partial charge is 0.287 e. The van der Waals surface area contributed by atoms with Gasteiger partial charge in [-0.25, -0.2) is 9.97 Å². The molecule has 3 aromatic rings. The molecular weight excluding hydrogens is 202 g/mol. The van der Waals surface area contributed by atoms with Crippen molar-refractivity contribution >= 4 is 29.1 Å². The van der Waals surface area contributed by atoms with E-state index in [1.807, 2.05) is 18.2 Å². The Morgan fingerprint density at radius 1 is 1.14 bits per heavy atom. The highest BCUT2D eigenvalue weighted by Gasteiger charge is 2.04. The average molecular weight is 208 g/mol. The predicted molar refractivity (Wildman–Crippen MR) is 55.2 cm³/mol. The normalized spacial score (nSPS) is 10.6. The largest absolute Gasteiger partial charge is 0.295 e. The molecule has 0 radical (unpaired) electrons. The van der Waals surface area contributed by atoms with E-state index in [1.54, 1.807) is 16.8 Å². The molecule has 0 unspecified atom stereocenters. The molecule has 4 nitrogen and oxygen atoms in total. The van der Waals surface area contributed by atoms with Gasteiger partial charge in [-0.05, 0) is 12.1 Å². The van der Waals surface area contributed by atoms with Gasteiger partial charge in [0.1, 0.15) is 11.2 Å². The first-order valence-corrected chi connectivity index (χ1v) is 3.91. The maximum atomic E-state index is 11.3. The van der Waals surface area contributed by atoms with Crippen LogP contribution in [0.1, 0.15) is 0 Å². The minimum Gasteiger partial charge on any atom is -0.287 e. The fourth-order valence-electron chi connectivity index (χ4n) is 1.50. The fourth-order valence-corrected chi connectivity index (χ4v) is 1.50. The standard InChI is InChI=1S/C9H5N3O.ClH/c13-9-7-5-10-8-3-1-2-6(4-11-9)12(7)8;/h1-5H;1H. The highest BCUT2D eigenvalue weighted by molar-refractivity contribution is 5.85. The summed E-state index contributed by atoms with van der Waals surface area (Å²) in [6.45, 7) is 0. The van der Waals surface area contributed by atoms with Gasteiger partial charge in [-0.15, -0.1) is 12.4 Å². The molecule has 0 aromatic carbocycles. The third-order valence-electron chi connectivity index (χ3n) is 2.09. The lowest BCUT2D eigenvalue weighted by Gasteiger charge is -1.97. The van der Waals surface area contributed by atoms with Gasteiger partial charge in [-0.2, -0.15) is 0 Å². The van der Waals surface area contributed by atoms with E-state index in [1.165, 1.54) is 0 Å². The summed E-state index contributed by atoms with van der Waals surface area (Å²) in [6.07, 6.45) is 3.11. The molecule has 0 amide bonds. The molecule has 0 bridgehead atoms. The van der Waals surface area contributed by atoms with Crippen molar-refractivity contribution in [1.82, 2.24) is 14.4 Å². The van der Waals surface area contributed by atoms with Crippen molar-refractivity contribution < 1.29 is 0 Å². The summed E-state index contributed by atoms with van der Waals surface area (Å²) in [5.74, 6) is 0. The van der Waals surface area contributed by atoms with Crippen LogP contribution in [-0.2, 0) is 0 Å². The second-order valence-corrected chi connectivity index (χ2v) is 2.85. The Kier molecular flexibility index (Phi) is 1.86. The number of halogens is 1. The SMILES string of the molecule is Cl.O=c1ncc2cccc3ncc1n23. The van der Waals surface area contributed by atoms with Crippen molar-refractivity contribution in [2.75, 3.05) is 0 Å². The first kappa shape index (κ1) is 8.90. The van der Waals surface area contributed by atoms with Gasteiger partial charge in [0, 0.05) is 0 Å². The summed E-state index contributed by atoms with van der Waals surface area (Å²) < 4.78 is 1.80. The van der Waals surface area contributed by atoms with Crippen LogP contribution in [0.5, 0.6) is 0 Å². The van der Waals surface area contributed by atoms with Crippen molar-refractivity contribution in [2.24, 2.45) is 0 Å². The summed E-state index contributed by atoms with van der Waals surface area (Å²) >= 11 is 0. The van der Waals surface area contributed by atoms with Gasteiger partial charge in [-0.1, -0.05) is 6.07 Å². The molecule has 0 aliphatic heterocycles. The lowest BCUT2D eigenvalue weighted by molar-refractivity contribution is 1.17. The Bertz CT molecular complexity index is 634. The van der Waals surface area contributed by atoms with E-state index in [0.717, 1.165) is 11.2 Å². The maximum absolute atomic E-state index is 11.3. The second-order valence-electron chi connectivity index (χ2n) is 2.85. The van der Waals surface area contributed by atoms with Crippen LogP contribution in [0.15, 0.2) is 35.4 Å². The van der Waals surface area contributed by atoms with E-state index in [9.17, 15) is 4.79 Å². The van der Waals surface area contributed by atoms with Gasteiger partial charge in [-0.3, -0.25) is 9.20 Å². The molecule has 70 valence electrons. The van der Waals surface area contributed by atoms with Crippen molar-refractivity contribution in [3.63, 3.8) is 0 Å². The molecule has 0 saturated carbocycles. The summed E-state index contributed by atoms with van der Waals surface area (Å²) in [5.41, 5.74) is 1.98. The fraction of sp³-hybridized carbons (Fsp3) is 0. The Morgan fingerprint density at radius 3 is 2.86 bits per heavy atom. The number of hydrogen-bond donors (Lipinski definition) is 0. The Balaban J connectivity index is 0.000000750. The van der Waals surface area contributed by atoms with E-state index >= 15 is 0 Å². The van der Waals surface area contributed by atoms with Crippen LogP contribution in [0, 0.1) is 0 Å². The summed E-state index contributed by atoms with van der Waals surface area (Å²) in [7, 11) is 0. The Labute approximate surface area is 85.0 Å². The summed E-state index contributed by atoms with van der Waals surface area (Å²) in [6, 6.07) is 5.65. The molecule has 0 N–H and O–H groups in total. The van der Waals surface area contributed by atoms with Crippen LogP contribution in [0.4, 0.5) is 0 Å². The zero-order chi connectivity index (χ0) is 8.84. The van der Waals surface area contributed by atoms with Crippen molar-refractivity contribution in [2.45, 2.75) is 0 Å². The monoisotopic (exact) mass is 207 g/mol. The molecule has 5 heteroatoms. The van der Waals surface area contributed by atoms with Gasteiger partial charge in [0.15, 0.2) is 0 Å². The van der Waals surface area contributed by atoms with E-state index in [4.69, 9.17) is 0 Å². The number of pyridine rings is 1. The lowest BCUT2D eigenvalue weighted by atomic mass is 10.4. The zero-order valence-electron chi connectivity index (χ0n) is 7.04. The van der Waals surface area contributed by atoms with Gasteiger partial charge in [0.25, 0.3) is 5.56 Å². The second kappa shape index (κ2) is 2.92. The van der Waals surface area contributed by atoms with E-state index < -0.39 is 0 Å². The van der Waals surface area contributed by atoms with Crippen molar-refractivity contribution in [1.29, 1.82) is 0 Å². The van der Waals surface area contributed by atoms with Crippen molar-refractivity contribution in [3.8, 4) is 0 Å². The van der Waals surface area contributed by atoms with Gasteiger partial charge >= 0.3 is 0 Å². The molecule has 14 heavy (non-hydrogen) atoms. The first-order valence-electron chi connectivity index (χ1n) is 3.91. The first-order chi connectivity index (χ1) is 6.36. The predicted octanol–water partition coefficient (Wildman–Crippen LogP) is 1.10. The van der Waals surface area contributed by atoms with Gasteiger partial charge in [0.2, 0.25) is 0 Å². The van der Waals surface area contributed by atoms with Crippen molar-refractivity contribution in [3.05, 3.63) is 40.9 Å². The summed E-state index contributed by atoms with van der Waals surface area (Å²) in [5, 5.41) is 0. The molecule has 0 aliphatic rings. The topological polar surface area (TPSA) is 47.3 Å². The number of aromatic nitrogens is 3. The van der Waals surface area contributed by atoms with E-state index in [0.29, 0.717) is 5.52 Å². The van der Waals surface area contributed by atoms with Crippen LogP contribution in [0.25, 0.3) is 16.7 Å². The minimum absolute atomic E-state index is 0. The van der Waals surface area contributed by atoms with Crippen LogP contribution < -0.4 is 5.56 Å². The number of nitrogens with zero attached hydrogens (tertiary/aromatic N) is 3. The molecule has 0 atom stereocenters. The van der Waals surface area contributed by atoms with Crippen LogP contribution in [-0.4, -0.2) is 14.4 Å². The quantitative estimate of drug-likeness (QED) is 0.555. The van der Waals surface area contributed by atoms with Crippen LogP contribution in [0.2, 0.25) is 0 Å². The average Bonchev–Trinajstić information content (AvgIpc) is 2.57. The number of imidazole rings is 1. The molecule has 0 aliphatic carbocycles.